The van der Waals surface area contributed by atoms with Crippen molar-refractivity contribution in [1.82, 2.24) is 0 Å². The molecule has 2 nitrogen and oxygen atoms in total. The van der Waals surface area contributed by atoms with Crippen LogP contribution in [0.25, 0.3) is 0 Å². The molecule has 2 rings (SSSR count). The largest absolute Gasteiger partial charge is 0.497 e. The Kier molecular flexibility index (Phi) is 2.22. The molecule has 2 aliphatic rings. The molecule has 0 saturated heterocycles. The Labute approximate surface area is 84.6 Å². The number of hydrogen-bond acceptors (Lipinski definition) is 2. The molecule has 1 atom stereocenters. The highest BCUT2D eigenvalue weighted by Gasteiger charge is 2.37. The number of ether oxygens (including phenoxy) is 1. The lowest BCUT2D eigenvalue weighted by Gasteiger charge is -2.38. The van der Waals surface area contributed by atoms with E-state index in [1.54, 1.807) is 13.2 Å². The van der Waals surface area contributed by atoms with Gasteiger partial charge in [0.25, 0.3) is 0 Å². The van der Waals surface area contributed by atoms with Gasteiger partial charge in [0.05, 0.1) is 7.11 Å². The first-order valence-electron chi connectivity index (χ1n) is 5.15. The Balaban J connectivity index is 2.43. The van der Waals surface area contributed by atoms with Crippen LogP contribution in [0.2, 0.25) is 0 Å². The number of rotatable bonds is 1. The molecule has 0 aromatic carbocycles. The van der Waals surface area contributed by atoms with E-state index in [1.807, 2.05) is 0 Å². The van der Waals surface area contributed by atoms with Crippen LogP contribution in [-0.2, 0) is 9.53 Å². The van der Waals surface area contributed by atoms with Crippen LogP contribution in [0.1, 0.15) is 32.6 Å². The maximum atomic E-state index is 11.4. The van der Waals surface area contributed by atoms with Gasteiger partial charge < -0.3 is 4.74 Å². The predicted molar refractivity (Wildman–Crippen MR) is 54.8 cm³/mol. The van der Waals surface area contributed by atoms with Crippen LogP contribution in [0, 0.1) is 5.41 Å². The summed E-state index contributed by atoms with van der Waals surface area (Å²) < 4.78 is 5.31. The normalized spacial score (nSPS) is 31.7. The molecule has 0 saturated carbocycles. The lowest BCUT2D eigenvalue weighted by molar-refractivity contribution is -0.115. The molecule has 0 aromatic rings. The van der Waals surface area contributed by atoms with Crippen molar-refractivity contribution in [3.63, 3.8) is 0 Å². The van der Waals surface area contributed by atoms with Gasteiger partial charge in [-0.3, -0.25) is 4.79 Å². The van der Waals surface area contributed by atoms with E-state index in [1.165, 1.54) is 0 Å². The maximum absolute atomic E-state index is 11.4. The molecular formula is C12H16O2. The van der Waals surface area contributed by atoms with E-state index in [-0.39, 0.29) is 11.2 Å². The van der Waals surface area contributed by atoms with E-state index in [0.29, 0.717) is 6.42 Å². The number of carbonyl (C=O) groups excluding carboxylic acids is 1. The third-order valence-corrected chi connectivity index (χ3v) is 3.39. The molecular weight excluding hydrogens is 176 g/mol. The Morgan fingerprint density at radius 3 is 2.93 bits per heavy atom. The van der Waals surface area contributed by atoms with Gasteiger partial charge in [-0.15, -0.1) is 0 Å². The summed E-state index contributed by atoms with van der Waals surface area (Å²) >= 11 is 0. The second-order valence-corrected chi connectivity index (χ2v) is 4.40. The fourth-order valence-corrected chi connectivity index (χ4v) is 2.39. The predicted octanol–water partition coefficient (Wildman–Crippen LogP) is 2.61. The zero-order valence-corrected chi connectivity index (χ0v) is 8.80. The van der Waals surface area contributed by atoms with Crippen LogP contribution < -0.4 is 0 Å². The van der Waals surface area contributed by atoms with Crippen molar-refractivity contribution in [2.24, 2.45) is 5.41 Å². The first-order chi connectivity index (χ1) is 6.65. The Hall–Kier alpha value is -1.05. The van der Waals surface area contributed by atoms with E-state index in [0.717, 1.165) is 30.6 Å². The van der Waals surface area contributed by atoms with Gasteiger partial charge in [0.15, 0.2) is 5.78 Å². The van der Waals surface area contributed by atoms with Crippen LogP contribution in [0.4, 0.5) is 0 Å². The highest BCUT2D eigenvalue weighted by Crippen LogP contribution is 2.46. The minimum absolute atomic E-state index is 0.175. The fraction of sp³-hybridized carbons (Fsp3) is 0.583. The van der Waals surface area contributed by atoms with Gasteiger partial charge in [0, 0.05) is 12.0 Å². The SMILES string of the molecule is COC1=CCCC2(C)CCC(=O)C=C12. The highest BCUT2D eigenvalue weighted by atomic mass is 16.5. The van der Waals surface area contributed by atoms with Crippen LogP contribution in [0.5, 0.6) is 0 Å². The molecule has 0 heterocycles. The third-order valence-electron chi connectivity index (χ3n) is 3.39. The molecule has 0 aromatic heterocycles. The van der Waals surface area contributed by atoms with Crippen LogP contribution in [0.15, 0.2) is 23.5 Å². The smallest absolute Gasteiger partial charge is 0.156 e. The average molecular weight is 192 g/mol. The summed E-state index contributed by atoms with van der Waals surface area (Å²) in [4.78, 5) is 11.4. The first-order valence-corrected chi connectivity index (χ1v) is 5.15. The van der Waals surface area contributed by atoms with Crippen molar-refractivity contribution < 1.29 is 9.53 Å². The van der Waals surface area contributed by atoms with Gasteiger partial charge in [0.1, 0.15) is 5.76 Å². The van der Waals surface area contributed by atoms with Gasteiger partial charge in [-0.2, -0.15) is 0 Å². The minimum atomic E-state index is 0.175. The minimum Gasteiger partial charge on any atom is -0.497 e. The fourth-order valence-electron chi connectivity index (χ4n) is 2.39. The van der Waals surface area contributed by atoms with Gasteiger partial charge in [-0.25, -0.2) is 0 Å². The number of carbonyl (C=O) groups is 1. The van der Waals surface area contributed by atoms with E-state index in [4.69, 9.17) is 4.74 Å². The monoisotopic (exact) mass is 192 g/mol. The van der Waals surface area contributed by atoms with Crippen LogP contribution in [0.3, 0.4) is 0 Å². The van der Waals surface area contributed by atoms with Gasteiger partial charge in [-0.05, 0) is 36.8 Å². The molecule has 0 spiro atoms. The molecule has 14 heavy (non-hydrogen) atoms. The Morgan fingerprint density at radius 2 is 2.21 bits per heavy atom. The zero-order valence-electron chi connectivity index (χ0n) is 8.80. The van der Waals surface area contributed by atoms with Crippen molar-refractivity contribution in [2.75, 3.05) is 7.11 Å². The van der Waals surface area contributed by atoms with Crippen molar-refractivity contribution >= 4 is 5.78 Å². The van der Waals surface area contributed by atoms with Crippen molar-refractivity contribution in [3.05, 3.63) is 23.5 Å². The molecule has 0 amide bonds. The second kappa shape index (κ2) is 3.26. The molecule has 76 valence electrons. The van der Waals surface area contributed by atoms with Crippen molar-refractivity contribution in [1.29, 1.82) is 0 Å². The molecule has 0 radical (unpaired) electrons. The van der Waals surface area contributed by atoms with Gasteiger partial charge in [0.2, 0.25) is 0 Å². The van der Waals surface area contributed by atoms with Crippen LogP contribution in [-0.4, -0.2) is 12.9 Å². The molecule has 0 bridgehead atoms. The van der Waals surface area contributed by atoms with Crippen molar-refractivity contribution in [2.45, 2.75) is 32.6 Å². The lowest BCUT2D eigenvalue weighted by atomic mass is 9.68. The quantitative estimate of drug-likeness (QED) is 0.638. The Morgan fingerprint density at radius 1 is 1.43 bits per heavy atom. The summed E-state index contributed by atoms with van der Waals surface area (Å²) in [6.07, 6.45) is 7.73. The summed E-state index contributed by atoms with van der Waals surface area (Å²) in [7, 11) is 1.68. The third kappa shape index (κ3) is 1.39. The summed E-state index contributed by atoms with van der Waals surface area (Å²) in [5.41, 5.74) is 1.29. The number of hydrogen-bond donors (Lipinski definition) is 0. The molecule has 1 unspecified atom stereocenters. The topological polar surface area (TPSA) is 26.3 Å². The Bertz CT molecular complexity index is 325. The van der Waals surface area contributed by atoms with Crippen molar-refractivity contribution in [3.8, 4) is 0 Å². The van der Waals surface area contributed by atoms with E-state index in [9.17, 15) is 4.79 Å². The average Bonchev–Trinajstić information content (AvgIpc) is 2.18. The first kappa shape index (κ1) is 9.50. The second-order valence-electron chi connectivity index (χ2n) is 4.40. The standard InChI is InChI=1S/C12H16O2/c1-12-6-3-4-11(14-2)10(12)8-9(13)5-7-12/h4,8H,3,5-7H2,1-2H3. The lowest BCUT2D eigenvalue weighted by Crippen LogP contribution is -2.29. The van der Waals surface area contributed by atoms with E-state index >= 15 is 0 Å². The maximum Gasteiger partial charge on any atom is 0.156 e. The summed E-state index contributed by atoms with van der Waals surface area (Å²) in [5, 5.41) is 0. The molecule has 0 aliphatic heterocycles. The summed E-state index contributed by atoms with van der Waals surface area (Å²) in [6, 6.07) is 0. The molecule has 2 aliphatic carbocycles. The number of fused-ring (bicyclic) bond motifs is 1. The molecule has 2 heteroatoms. The molecule has 0 N–H and O–H groups in total. The van der Waals surface area contributed by atoms with Crippen LogP contribution >= 0.6 is 0 Å². The summed E-state index contributed by atoms with van der Waals surface area (Å²) in [5.74, 6) is 1.15. The van der Waals surface area contributed by atoms with Gasteiger partial charge >= 0.3 is 0 Å². The van der Waals surface area contributed by atoms with E-state index in [2.05, 4.69) is 13.0 Å². The number of allylic oxidation sites excluding steroid dienone is 3. The highest BCUT2D eigenvalue weighted by molar-refractivity contribution is 5.92. The van der Waals surface area contributed by atoms with Gasteiger partial charge in [-0.1, -0.05) is 6.92 Å². The number of ketones is 1. The molecule has 0 fully saturated rings. The zero-order chi connectivity index (χ0) is 10.2. The van der Waals surface area contributed by atoms with E-state index < -0.39 is 0 Å². The number of methoxy groups -OCH3 is 1. The summed E-state index contributed by atoms with van der Waals surface area (Å²) in [6.45, 7) is 2.23.